The number of hydrogen-bond acceptors (Lipinski definition) is 3. The van der Waals surface area contributed by atoms with E-state index >= 15 is 0 Å². The molecule has 2 aromatic rings. The van der Waals surface area contributed by atoms with E-state index in [4.69, 9.17) is 0 Å². The first-order valence-corrected chi connectivity index (χ1v) is 6.12. The summed E-state index contributed by atoms with van der Waals surface area (Å²) in [4.78, 5) is 17.5. The third-order valence-electron chi connectivity index (χ3n) is 2.64. The van der Waals surface area contributed by atoms with E-state index < -0.39 is 0 Å². The zero-order valence-electron chi connectivity index (χ0n) is 9.73. The fraction of sp³-hybridized carbons (Fsp3) is 0.455. The van der Waals surface area contributed by atoms with Gasteiger partial charge >= 0.3 is 5.69 Å². The normalized spacial score (nSPS) is 10.9. The molecule has 0 spiro atoms. The third-order valence-corrected chi connectivity index (χ3v) is 3.69. The van der Waals surface area contributed by atoms with E-state index in [1.54, 1.807) is 20.5 Å². The zero-order valence-corrected chi connectivity index (χ0v) is 10.5. The second-order valence-electron chi connectivity index (χ2n) is 3.74. The second-order valence-corrected chi connectivity index (χ2v) is 5.03. The molecule has 4 nitrogen and oxygen atoms in total. The number of thiazole rings is 1. The molecule has 5 heteroatoms. The fourth-order valence-corrected chi connectivity index (χ4v) is 2.50. The molecule has 0 atom stereocenters. The average molecular weight is 237 g/mol. The molecule has 0 radical (unpaired) electrons. The summed E-state index contributed by atoms with van der Waals surface area (Å²) in [5.41, 5.74) is 1.09. The number of aryl methyl sites for hydroxylation is 3. The van der Waals surface area contributed by atoms with Crippen molar-refractivity contribution in [2.75, 3.05) is 0 Å². The van der Waals surface area contributed by atoms with Gasteiger partial charge < -0.3 is 0 Å². The summed E-state index contributed by atoms with van der Waals surface area (Å²) >= 11 is 1.65. The predicted octanol–water partition coefficient (Wildman–Crippen LogP) is 1.79. The van der Waals surface area contributed by atoms with Crippen LogP contribution in [-0.4, -0.2) is 14.1 Å². The highest BCUT2D eigenvalue weighted by Crippen LogP contribution is 2.16. The van der Waals surface area contributed by atoms with E-state index in [1.165, 1.54) is 4.88 Å². The maximum absolute atomic E-state index is 11.8. The minimum absolute atomic E-state index is 0.0352. The summed E-state index contributed by atoms with van der Waals surface area (Å²) in [6.45, 7) is 7.29. The van der Waals surface area contributed by atoms with Crippen LogP contribution in [0.1, 0.15) is 22.5 Å². The van der Waals surface area contributed by atoms with Crippen molar-refractivity contribution >= 4 is 11.3 Å². The number of aromatic nitrogens is 3. The van der Waals surface area contributed by atoms with Gasteiger partial charge in [0.05, 0.1) is 12.2 Å². The Morgan fingerprint density at radius 3 is 2.50 bits per heavy atom. The molecule has 0 bridgehead atoms. The van der Waals surface area contributed by atoms with E-state index in [0.29, 0.717) is 13.1 Å². The van der Waals surface area contributed by atoms with Crippen LogP contribution in [0.15, 0.2) is 17.2 Å². The van der Waals surface area contributed by atoms with Crippen molar-refractivity contribution in [2.24, 2.45) is 0 Å². The van der Waals surface area contributed by atoms with Crippen molar-refractivity contribution < 1.29 is 0 Å². The average Bonchev–Trinajstić information content (AvgIpc) is 2.74. The van der Waals surface area contributed by atoms with E-state index in [9.17, 15) is 4.79 Å². The van der Waals surface area contributed by atoms with Crippen molar-refractivity contribution in [3.05, 3.63) is 38.5 Å². The summed E-state index contributed by atoms with van der Waals surface area (Å²) in [7, 11) is 0. The molecule has 16 heavy (non-hydrogen) atoms. The number of rotatable bonds is 3. The molecule has 0 N–H and O–H groups in total. The van der Waals surface area contributed by atoms with Gasteiger partial charge in [0.15, 0.2) is 0 Å². The molecule has 0 aliphatic heterocycles. The SMILES string of the molecule is CCn1ccn(Cc2nc(C)c(C)s2)c1=O. The first-order valence-electron chi connectivity index (χ1n) is 5.30. The maximum atomic E-state index is 11.8. The van der Waals surface area contributed by atoms with E-state index in [1.807, 2.05) is 26.2 Å². The summed E-state index contributed by atoms with van der Waals surface area (Å²) in [5.74, 6) is 0. The lowest BCUT2D eigenvalue weighted by Crippen LogP contribution is -2.23. The van der Waals surface area contributed by atoms with Crippen molar-refractivity contribution in [1.29, 1.82) is 0 Å². The van der Waals surface area contributed by atoms with E-state index in [-0.39, 0.29) is 5.69 Å². The molecule has 0 aromatic carbocycles. The van der Waals surface area contributed by atoms with Crippen molar-refractivity contribution in [1.82, 2.24) is 14.1 Å². The molecule has 0 amide bonds. The summed E-state index contributed by atoms with van der Waals surface area (Å²) < 4.78 is 3.38. The molecule has 0 fully saturated rings. The molecule has 2 rings (SSSR count). The van der Waals surface area contributed by atoms with Gasteiger partial charge in [0.2, 0.25) is 0 Å². The van der Waals surface area contributed by atoms with Crippen LogP contribution >= 0.6 is 11.3 Å². The first-order chi connectivity index (χ1) is 7.61. The Bertz CT molecular complexity index is 530. The van der Waals surface area contributed by atoms with Crippen LogP contribution in [0.5, 0.6) is 0 Å². The molecule has 2 heterocycles. The van der Waals surface area contributed by atoms with Crippen LogP contribution in [0, 0.1) is 13.8 Å². The number of imidazole rings is 1. The molecule has 0 aliphatic rings. The minimum atomic E-state index is 0.0352. The van der Waals surface area contributed by atoms with Crippen LogP contribution in [-0.2, 0) is 13.1 Å². The van der Waals surface area contributed by atoms with Gasteiger partial charge in [-0.15, -0.1) is 11.3 Å². The Morgan fingerprint density at radius 2 is 2.00 bits per heavy atom. The quantitative estimate of drug-likeness (QED) is 0.816. The number of hydrogen-bond donors (Lipinski definition) is 0. The van der Waals surface area contributed by atoms with Gasteiger partial charge in [-0.3, -0.25) is 9.13 Å². The van der Waals surface area contributed by atoms with Gasteiger partial charge in [-0.25, -0.2) is 9.78 Å². The fourth-order valence-electron chi connectivity index (χ4n) is 1.57. The lowest BCUT2D eigenvalue weighted by Gasteiger charge is -1.97. The topological polar surface area (TPSA) is 39.8 Å². The van der Waals surface area contributed by atoms with E-state index in [0.717, 1.165) is 10.7 Å². The van der Waals surface area contributed by atoms with E-state index in [2.05, 4.69) is 11.9 Å². The Hall–Kier alpha value is -1.36. The van der Waals surface area contributed by atoms with Crippen LogP contribution in [0.25, 0.3) is 0 Å². The van der Waals surface area contributed by atoms with Gasteiger partial charge in [-0.1, -0.05) is 0 Å². The van der Waals surface area contributed by atoms with Crippen LogP contribution < -0.4 is 5.69 Å². The smallest absolute Gasteiger partial charge is 0.300 e. The molecule has 86 valence electrons. The molecular formula is C11H15N3OS. The van der Waals surface area contributed by atoms with Crippen LogP contribution in [0.4, 0.5) is 0 Å². The third kappa shape index (κ3) is 1.95. The maximum Gasteiger partial charge on any atom is 0.328 e. The Kier molecular flexibility index (Phi) is 2.96. The molecular weight excluding hydrogens is 222 g/mol. The lowest BCUT2D eigenvalue weighted by atomic mass is 10.4. The summed E-state index contributed by atoms with van der Waals surface area (Å²) in [6.07, 6.45) is 3.63. The molecule has 0 aliphatic carbocycles. The highest BCUT2D eigenvalue weighted by molar-refractivity contribution is 7.11. The second kappa shape index (κ2) is 4.25. The Labute approximate surface area is 98.2 Å². The zero-order chi connectivity index (χ0) is 11.7. The lowest BCUT2D eigenvalue weighted by molar-refractivity contribution is 0.666. The van der Waals surface area contributed by atoms with Crippen molar-refractivity contribution in [2.45, 2.75) is 33.9 Å². The summed E-state index contributed by atoms with van der Waals surface area (Å²) in [6, 6.07) is 0. The van der Waals surface area contributed by atoms with Crippen molar-refractivity contribution in [3.63, 3.8) is 0 Å². The highest BCUT2D eigenvalue weighted by Gasteiger charge is 2.07. The highest BCUT2D eigenvalue weighted by atomic mass is 32.1. The van der Waals surface area contributed by atoms with Gasteiger partial charge in [0.25, 0.3) is 0 Å². The van der Waals surface area contributed by atoms with Crippen LogP contribution in [0.2, 0.25) is 0 Å². The molecule has 2 aromatic heterocycles. The molecule has 0 unspecified atom stereocenters. The Balaban J connectivity index is 2.27. The van der Waals surface area contributed by atoms with Gasteiger partial charge in [-0.2, -0.15) is 0 Å². The van der Waals surface area contributed by atoms with Crippen LogP contribution in [0.3, 0.4) is 0 Å². The largest absolute Gasteiger partial charge is 0.328 e. The number of nitrogens with zero attached hydrogens (tertiary/aromatic N) is 3. The monoisotopic (exact) mass is 237 g/mol. The minimum Gasteiger partial charge on any atom is -0.300 e. The first kappa shape index (κ1) is 11.1. The molecule has 0 saturated heterocycles. The van der Waals surface area contributed by atoms with Gasteiger partial charge in [0, 0.05) is 23.8 Å². The van der Waals surface area contributed by atoms with Gasteiger partial charge in [0.1, 0.15) is 5.01 Å². The summed E-state index contributed by atoms with van der Waals surface area (Å²) in [5, 5.41) is 0.992. The standard InChI is InChI=1S/C11H15N3OS/c1-4-13-5-6-14(11(13)15)7-10-12-8(2)9(3)16-10/h5-6H,4,7H2,1-3H3. The van der Waals surface area contributed by atoms with Gasteiger partial charge in [-0.05, 0) is 20.8 Å². The van der Waals surface area contributed by atoms with Crippen molar-refractivity contribution in [3.8, 4) is 0 Å². The Morgan fingerprint density at radius 1 is 1.31 bits per heavy atom. The molecule has 0 saturated carbocycles. The predicted molar refractivity (Wildman–Crippen MR) is 65.1 cm³/mol.